The van der Waals surface area contributed by atoms with E-state index in [1.807, 2.05) is 4.90 Å². The van der Waals surface area contributed by atoms with Crippen molar-refractivity contribution in [2.45, 2.75) is 13.5 Å². The molecule has 1 N–H and O–H groups in total. The van der Waals surface area contributed by atoms with Crippen molar-refractivity contribution in [3.05, 3.63) is 35.4 Å². The molecule has 1 fully saturated rings. The van der Waals surface area contributed by atoms with Gasteiger partial charge in [-0.1, -0.05) is 29.8 Å². The number of benzene rings is 1. The Morgan fingerprint density at radius 1 is 1.14 bits per heavy atom. The SMILES string of the molecule is Cc1ccc(CNC(=O)N2CCN(CCN(C)C)CC2)cc1. The Hall–Kier alpha value is -1.59. The van der Waals surface area contributed by atoms with E-state index in [2.05, 4.69) is 60.4 Å². The Bertz CT molecular complexity index is 464. The van der Waals surface area contributed by atoms with Gasteiger partial charge in [0.15, 0.2) is 0 Å². The van der Waals surface area contributed by atoms with Crippen molar-refractivity contribution >= 4 is 6.03 Å². The molecule has 2 rings (SSSR count). The fraction of sp³-hybridized carbons (Fsp3) is 0.588. The van der Waals surface area contributed by atoms with E-state index >= 15 is 0 Å². The van der Waals surface area contributed by atoms with Crippen LogP contribution in [0.2, 0.25) is 0 Å². The van der Waals surface area contributed by atoms with Gasteiger partial charge in [0.05, 0.1) is 0 Å². The molecule has 0 aliphatic carbocycles. The van der Waals surface area contributed by atoms with E-state index < -0.39 is 0 Å². The summed E-state index contributed by atoms with van der Waals surface area (Å²) < 4.78 is 0. The molecule has 0 aromatic heterocycles. The van der Waals surface area contributed by atoms with Crippen molar-refractivity contribution < 1.29 is 4.79 Å². The summed E-state index contributed by atoms with van der Waals surface area (Å²) in [6, 6.07) is 8.33. The monoisotopic (exact) mass is 304 g/mol. The molecule has 1 aromatic carbocycles. The molecule has 1 heterocycles. The molecule has 0 radical (unpaired) electrons. The zero-order valence-electron chi connectivity index (χ0n) is 14.0. The number of piperazine rings is 1. The fourth-order valence-electron chi connectivity index (χ4n) is 2.51. The lowest BCUT2D eigenvalue weighted by Crippen LogP contribution is -2.52. The van der Waals surface area contributed by atoms with Crippen LogP contribution in [0, 0.1) is 6.92 Å². The van der Waals surface area contributed by atoms with Crippen molar-refractivity contribution in [2.24, 2.45) is 0 Å². The van der Waals surface area contributed by atoms with Crippen molar-refractivity contribution in [1.82, 2.24) is 20.0 Å². The molecule has 22 heavy (non-hydrogen) atoms. The number of hydrogen-bond donors (Lipinski definition) is 1. The van der Waals surface area contributed by atoms with E-state index in [4.69, 9.17) is 0 Å². The summed E-state index contributed by atoms with van der Waals surface area (Å²) in [6.07, 6.45) is 0. The van der Waals surface area contributed by atoms with Gasteiger partial charge in [-0.2, -0.15) is 0 Å². The summed E-state index contributed by atoms with van der Waals surface area (Å²) in [7, 11) is 4.18. The molecule has 2 amide bonds. The minimum atomic E-state index is 0.0489. The van der Waals surface area contributed by atoms with Gasteiger partial charge in [0.2, 0.25) is 0 Å². The van der Waals surface area contributed by atoms with Crippen molar-refractivity contribution in [3.8, 4) is 0 Å². The Morgan fingerprint density at radius 2 is 1.77 bits per heavy atom. The third-order valence-electron chi connectivity index (χ3n) is 4.09. The number of rotatable bonds is 5. The first-order valence-electron chi connectivity index (χ1n) is 8.00. The van der Waals surface area contributed by atoms with Gasteiger partial charge in [0.25, 0.3) is 0 Å². The number of aryl methyl sites for hydroxylation is 1. The van der Waals surface area contributed by atoms with Crippen LogP contribution in [0.15, 0.2) is 24.3 Å². The molecule has 0 spiro atoms. The number of nitrogens with one attached hydrogen (secondary N) is 1. The zero-order valence-corrected chi connectivity index (χ0v) is 14.0. The van der Waals surface area contributed by atoms with Gasteiger partial charge < -0.3 is 15.1 Å². The van der Waals surface area contributed by atoms with E-state index in [-0.39, 0.29) is 6.03 Å². The van der Waals surface area contributed by atoms with Crippen LogP contribution >= 0.6 is 0 Å². The Labute approximate surface area is 133 Å². The molecule has 1 aliphatic rings. The third-order valence-corrected chi connectivity index (χ3v) is 4.09. The first kappa shape index (κ1) is 16.8. The highest BCUT2D eigenvalue weighted by Gasteiger charge is 2.20. The highest BCUT2D eigenvalue weighted by Crippen LogP contribution is 2.05. The summed E-state index contributed by atoms with van der Waals surface area (Å²) in [5, 5.41) is 3.01. The summed E-state index contributed by atoms with van der Waals surface area (Å²) in [4.78, 5) is 18.7. The van der Waals surface area contributed by atoms with Crippen LogP contribution in [0.4, 0.5) is 4.79 Å². The molecule has 1 aromatic rings. The average Bonchev–Trinajstić information content (AvgIpc) is 2.52. The second-order valence-corrected chi connectivity index (χ2v) is 6.28. The molecule has 0 unspecified atom stereocenters. The van der Waals surface area contributed by atoms with Gasteiger partial charge in [-0.15, -0.1) is 0 Å². The maximum atomic E-state index is 12.2. The Kier molecular flexibility index (Phi) is 6.21. The first-order valence-corrected chi connectivity index (χ1v) is 8.00. The molecule has 5 nitrogen and oxygen atoms in total. The molecule has 1 aliphatic heterocycles. The standard InChI is InChI=1S/C17H28N4O/c1-15-4-6-16(7-5-15)14-18-17(22)21-12-10-20(11-13-21)9-8-19(2)3/h4-7H,8-14H2,1-3H3,(H,18,22). The first-order chi connectivity index (χ1) is 10.5. The average molecular weight is 304 g/mol. The second-order valence-electron chi connectivity index (χ2n) is 6.28. The van der Waals surface area contributed by atoms with E-state index in [0.29, 0.717) is 6.54 Å². The van der Waals surface area contributed by atoms with Crippen LogP contribution in [-0.4, -0.2) is 74.1 Å². The zero-order chi connectivity index (χ0) is 15.9. The predicted octanol–water partition coefficient (Wildman–Crippen LogP) is 1.38. The van der Waals surface area contributed by atoms with Gasteiger partial charge in [-0.25, -0.2) is 4.79 Å². The largest absolute Gasteiger partial charge is 0.334 e. The van der Waals surface area contributed by atoms with Gasteiger partial charge in [-0.05, 0) is 26.6 Å². The minimum absolute atomic E-state index is 0.0489. The smallest absolute Gasteiger partial charge is 0.317 e. The third kappa shape index (κ3) is 5.31. The van der Waals surface area contributed by atoms with Gasteiger partial charge in [0.1, 0.15) is 0 Å². The van der Waals surface area contributed by atoms with Gasteiger partial charge >= 0.3 is 6.03 Å². The van der Waals surface area contributed by atoms with Crippen molar-refractivity contribution in [2.75, 3.05) is 53.4 Å². The lowest BCUT2D eigenvalue weighted by Gasteiger charge is -2.35. The molecule has 122 valence electrons. The highest BCUT2D eigenvalue weighted by molar-refractivity contribution is 5.74. The number of carbonyl (C=O) groups is 1. The fourth-order valence-corrected chi connectivity index (χ4v) is 2.51. The van der Waals surface area contributed by atoms with Crippen LogP contribution in [0.1, 0.15) is 11.1 Å². The van der Waals surface area contributed by atoms with Crippen molar-refractivity contribution in [3.63, 3.8) is 0 Å². The van der Waals surface area contributed by atoms with Crippen molar-refractivity contribution in [1.29, 1.82) is 0 Å². The maximum absolute atomic E-state index is 12.2. The molecular weight excluding hydrogens is 276 g/mol. The Balaban J connectivity index is 1.69. The van der Waals surface area contributed by atoms with Crippen LogP contribution in [0.25, 0.3) is 0 Å². The Morgan fingerprint density at radius 3 is 2.36 bits per heavy atom. The van der Waals surface area contributed by atoms with Crippen LogP contribution in [-0.2, 0) is 6.54 Å². The lowest BCUT2D eigenvalue weighted by molar-refractivity contribution is 0.133. The van der Waals surface area contributed by atoms with Crippen LogP contribution in [0.5, 0.6) is 0 Å². The predicted molar refractivity (Wildman–Crippen MR) is 90.0 cm³/mol. The molecule has 1 saturated heterocycles. The molecule has 0 bridgehead atoms. The maximum Gasteiger partial charge on any atom is 0.317 e. The molecule has 5 heteroatoms. The van der Waals surface area contributed by atoms with Gasteiger partial charge in [-0.3, -0.25) is 4.90 Å². The molecule has 0 saturated carbocycles. The second kappa shape index (κ2) is 8.15. The number of likely N-dealkylation sites (N-methyl/N-ethyl adjacent to an activating group) is 1. The van der Waals surface area contributed by atoms with Crippen LogP contribution in [0.3, 0.4) is 0 Å². The number of hydrogen-bond acceptors (Lipinski definition) is 3. The summed E-state index contributed by atoms with van der Waals surface area (Å²) in [6.45, 7) is 8.36. The molecule has 0 atom stereocenters. The quantitative estimate of drug-likeness (QED) is 0.893. The van der Waals surface area contributed by atoms with Gasteiger partial charge in [0, 0.05) is 45.8 Å². The highest BCUT2D eigenvalue weighted by atomic mass is 16.2. The van der Waals surface area contributed by atoms with Crippen LogP contribution < -0.4 is 5.32 Å². The normalized spacial score (nSPS) is 16.1. The lowest BCUT2D eigenvalue weighted by atomic mass is 10.1. The molecular formula is C17H28N4O. The van der Waals surface area contributed by atoms with E-state index in [1.165, 1.54) is 5.56 Å². The topological polar surface area (TPSA) is 38.8 Å². The summed E-state index contributed by atoms with van der Waals surface area (Å²) >= 11 is 0. The minimum Gasteiger partial charge on any atom is -0.334 e. The van der Waals surface area contributed by atoms with E-state index in [0.717, 1.165) is 44.8 Å². The summed E-state index contributed by atoms with van der Waals surface area (Å²) in [5.74, 6) is 0. The number of nitrogens with zero attached hydrogens (tertiary/aromatic N) is 3. The van der Waals surface area contributed by atoms with E-state index in [1.54, 1.807) is 0 Å². The number of urea groups is 1. The number of carbonyl (C=O) groups excluding carboxylic acids is 1. The van der Waals surface area contributed by atoms with E-state index in [9.17, 15) is 4.79 Å². The number of amides is 2. The summed E-state index contributed by atoms with van der Waals surface area (Å²) in [5.41, 5.74) is 2.38.